The number of aromatic nitrogens is 2. The minimum atomic E-state index is -3.30. The average Bonchev–Trinajstić information content (AvgIpc) is 2.20. The molecule has 0 aliphatic rings. The molecule has 0 radical (unpaired) electrons. The monoisotopic (exact) mass is 260 g/mol. The van der Waals surface area contributed by atoms with Gasteiger partial charge in [-0.3, -0.25) is 4.79 Å². The van der Waals surface area contributed by atoms with Crippen LogP contribution in [0.15, 0.2) is 4.79 Å². The lowest BCUT2D eigenvalue weighted by atomic mass is 10.2. The number of hydrogen-bond acceptors (Lipinski definition) is 5. The first-order valence-corrected chi connectivity index (χ1v) is 7.12. The molecular formula is C10H16N2O4S. The predicted molar refractivity (Wildman–Crippen MR) is 63.6 cm³/mol. The minimum absolute atomic E-state index is 0.136. The fourth-order valence-electron chi connectivity index (χ4n) is 1.43. The number of aryl methyl sites for hydroxylation is 1. The summed E-state index contributed by atoms with van der Waals surface area (Å²) in [6.45, 7) is 2.95. The molecule has 2 N–H and O–H groups in total. The van der Waals surface area contributed by atoms with Gasteiger partial charge in [-0.25, -0.2) is 13.4 Å². The molecule has 1 rings (SSSR count). The second-order valence-electron chi connectivity index (χ2n) is 3.96. The minimum Gasteiger partial charge on any atom is -0.396 e. The van der Waals surface area contributed by atoms with Crippen molar-refractivity contribution >= 4 is 9.84 Å². The van der Waals surface area contributed by atoms with Crippen LogP contribution in [0.5, 0.6) is 0 Å². The van der Waals surface area contributed by atoms with Crippen LogP contribution >= 0.6 is 0 Å². The molecule has 6 nitrogen and oxygen atoms in total. The Balaban J connectivity index is 3.29. The van der Waals surface area contributed by atoms with Crippen molar-refractivity contribution in [1.82, 2.24) is 9.97 Å². The number of H-pyrrole nitrogens is 1. The molecule has 0 fully saturated rings. The fourth-order valence-corrected chi connectivity index (χ4v) is 1.95. The van der Waals surface area contributed by atoms with E-state index < -0.39 is 20.6 Å². The topological polar surface area (TPSA) is 100 Å². The van der Waals surface area contributed by atoms with Crippen LogP contribution in [0.25, 0.3) is 0 Å². The first-order chi connectivity index (χ1) is 7.77. The highest BCUT2D eigenvalue weighted by Gasteiger charge is 2.21. The van der Waals surface area contributed by atoms with Gasteiger partial charge in [0.1, 0.15) is 11.1 Å². The third kappa shape index (κ3) is 3.13. The number of aromatic amines is 1. The normalized spacial score (nSPS) is 13.6. The summed E-state index contributed by atoms with van der Waals surface area (Å²) in [5.41, 5.74) is 0.447. The molecule has 0 aliphatic heterocycles. The molecule has 0 spiro atoms. The van der Waals surface area contributed by atoms with E-state index in [-0.39, 0.29) is 18.9 Å². The largest absolute Gasteiger partial charge is 0.396 e. The summed E-state index contributed by atoms with van der Waals surface area (Å²) in [4.78, 5) is 18.2. The van der Waals surface area contributed by atoms with E-state index in [1.165, 1.54) is 6.92 Å². The molecular weight excluding hydrogens is 244 g/mol. The fraction of sp³-hybridized carbons (Fsp3) is 0.600. The van der Waals surface area contributed by atoms with Gasteiger partial charge >= 0.3 is 0 Å². The van der Waals surface area contributed by atoms with E-state index in [0.717, 1.165) is 6.26 Å². The van der Waals surface area contributed by atoms with E-state index in [0.29, 0.717) is 11.3 Å². The molecule has 1 aromatic heterocycles. The quantitative estimate of drug-likeness (QED) is 0.775. The zero-order chi connectivity index (χ0) is 13.2. The third-order valence-corrected chi connectivity index (χ3v) is 4.14. The van der Waals surface area contributed by atoms with Crippen molar-refractivity contribution in [1.29, 1.82) is 0 Å². The number of aliphatic hydroxyl groups excluding tert-OH is 1. The van der Waals surface area contributed by atoms with E-state index in [1.54, 1.807) is 6.92 Å². The lowest BCUT2D eigenvalue weighted by molar-refractivity contribution is 0.298. The molecule has 17 heavy (non-hydrogen) atoms. The number of aliphatic hydroxyl groups is 1. The molecule has 7 heteroatoms. The molecule has 0 bridgehead atoms. The van der Waals surface area contributed by atoms with Crippen molar-refractivity contribution in [2.24, 2.45) is 0 Å². The van der Waals surface area contributed by atoms with Crippen LogP contribution in [0.1, 0.15) is 29.3 Å². The van der Waals surface area contributed by atoms with E-state index in [4.69, 9.17) is 5.11 Å². The molecule has 96 valence electrons. The van der Waals surface area contributed by atoms with Gasteiger partial charge in [0.2, 0.25) is 0 Å². The van der Waals surface area contributed by atoms with Gasteiger partial charge in [-0.2, -0.15) is 0 Å². The lowest BCUT2D eigenvalue weighted by Crippen LogP contribution is -2.23. The summed E-state index contributed by atoms with van der Waals surface area (Å²) < 4.78 is 22.7. The zero-order valence-electron chi connectivity index (χ0n) is 10.0. The summed E-state index contributed by atoms with van der Waals surface area (Å²) in [5.74, 6) is 0.136. The Morgan fingerprint density at radius 2 is 2.06 bits per heavy atom. The molecule has 1 atom stereocenters. The SMILES string of the molecule is Cc1nc(C(C)S(C)(=O)=O)[nH]c(=O)c1CCO. The Labute approximate surface area is 99.6 Å². The lowest BCUT2D eigenvalue weighted by Gasteiger charge is -2.11. The highest BCUT2D eigenvalue weighted by Crippen LogP contribution is 2.16. The van der Waals surface area contributed by atoms with Gasteiger partial charge in [0.05, 0.1) is 0 Å². The van der Waals surface area contributed by atoms with Crippen LogP contribution in [0, 0.1) is 6.92 Å². The van der Waals surface area contributed by atoms with Gasteiger partial charge in [-0.15, -0.1) is 0 Å². The second-order valence-corrected chi connectivity index (χ2v) is 6.33. The van der Waals surface area contributed by atoms with Crippen LogP contribution in [0.3, 0.4) is 0 Å². The standard InChI is InChI=1S/C10H16N2O4S/c1-6-8(4-5-13)10(14)12-9(11-6)7(2)17(3,15)16/h7,13H,4-5H2,1-3H3,(H,11,12,14). The maximum Gasteiger partial charge on any atom is 0.254 e. The second kappa shape index (κ2) is 4.97. The summed E-state index contributed by atoms with van der Waals surface area (Å²) in [7, 11) is -3.30. The van der Waals surface area contributed by atoms with Crippen molar-refractivity contribution in [3.8, 4) is 0 Å². The van der Waals surface area contributed by atoms with E-state index in [9.17, 15) is 13.2 Å². The van der Waals surface area contributed by atoms with Crippen molar-refractivity contribution in [3.05, 3.63) is 27.4 Å². The predicted octanol–water partition coefficient (Wildman–Crippen LogP) is -0.281. The van der Waals surface area contributed by atoms with Crippen LogP contribution < -0.4 is 5.56 Å². The highest BCUT2D eigenvalue weighted by molar-refractivity contribution is 7.90. The number of nitrogens with one attached hydrogen (secondary N) is 1. The number of sulfone groups is 1. The Morgan fingerprint density at radius 3 is 2.47 bits per heavy atom. The van der Waals surface area contributed by atoms with Gasteiger partial charge in [-0.1, -0.05) is 0 Å². The third-order valence-electron chi connectivity index (χ3n) is 2.63. The van der Waals surface area contributed by atoms with Crippen LogP contribution in [0.2, 0.25) is 0 Å². The molecule has 1 heterocycles. The maximum absolute atomic E-state index is 11.7. The van der Waals surface area contributed by atoms with Crippen molar-refractivity contribution in [2.75, 3.05) is 12.9 Å². The van der Waals surface area contributed by atoms with Crippen LogP contribution in [-0.4, -0.2) is 36.4 Å². The molecule has 0 saturated carbocycles. The van der Waals surface area contributed by atoms with Gasteiger partial charge in [0.15, 0.2) is 9.84 Å². The van der Waals surface area contributed by atoms with Crippen molar-refractivity contribution in [2.45, 2.75) is 25.5 Å². The summed E-state index contributed by atoms with van der Waals surface area (Å²) in [5, 5.41) is 7.95. The Kier molecular flexibility index (Phi) is 4.05. The van der Waals surface area contributed by atoms with Gasteiger partial charge in [0.25, 0.3) is 5.56 Å². The zero-order valence-corrected chi connectivity index (χ0v) is 10.8. The first kappa shape index (κ1) is 13.9. The molecule has 0 saturated heterocycles. The average molecular weight is 260 g/mol. The Bertz CT molecular complexity index is 562. The van der Waals surface area contributed by atoms with Gasteiger partial charge in [0, 0.05) is 30.5 Å². The van der Waals surface area contributed by atoms with Crippen LogP contribution in [-0.2, 0) is 16.3 Å². The van der Waals surface area contributed by atoms with E-state index in [2.05, 4.69) is 9.97 Å². The first-order valence-electron chi connectivity index (χ1n) is 5.16. The maximum atomic E-state index is 11.7. The van der Waals surface area contributed by atoms with Crippen molar-refractivity contribution < 1.29 is 13.5 Å². The van der Waals surface area contributed by atoms with E-state index >= 15 is 0 Å². The van der Waals surface area contributed by atoms with Gasteiger partial charge in [-0.05, 0) is 13.8 Å². The highest BCUT2D eigenvalue weighted by atomic mass is 32.2. The molecule has 1 aromatic rings. The van der Waals surface area contributed by atoms with Crippen molar-refractivity contribution in [3.63, 3.8) is 0 Å². The summed E-state index contributed by atoms with van der Waals surface area (Å²) in [6.07, 6.45) is 1.30. The number of nitrogens with zero attached hydrogens (tertiary/aromatic N) is 1. The Morgan fingerprint density at radius 1 is 1.47 bits per heavy atom. The smallest absolute Gasteiger partial charge is 0.254 e. The van der Waals surface area contributed by atoms with Gasteiger partial charge < -0.3 is 10.1 Å². The number of hydrogen-bond donors (Lipinski definition) is 2. The molecule has 0 aromatic carbocycles. The molecule has 1 unspecified atom stereocenters. The summed E-state index contributed by atoms with van der Waals surface area (Å²) in [6, 6.07) is 0. The Hall–Kier alpha value is -1.21. The van der Waals surface area contributed by atoms with Crippen LogP contribution in [0.4, 0.5) is 0 Å². The summed E-state index contributed by atoms with van der Waals surface area (Å²) >= 11 is 0. The molecule has 0 amide bonds. The number of rotatable bonds is 4. The van der Waals surface area contributed by atoms with E-state index in [1.807, 2.05) is 0 Å². The molecule has 0 aliphatic carbocycles.